The van der Waals surface area contributed by atoms with Crippen molar-refractivity contribution in [3.05, 3.63) is 58.3 Å². The van der Waals surface area contributed by atoms with Gasteiger partial charge in [-0.1, -0.05) is 41.7 Å². The molecule has 3 aromatic rings. The molecule has 0 aliphatic heterocycles. The largest absolute Gasteiger partial charge is 0.457 e. The van der Waals surface area contributed by atoms with Crippen LogP contribution in [-0.4, -0.2) is 33.1 Å². The number of nitrogens with zero attached hydrogens (tertiary/aromatic N) is 3. The van der Waals surface area contributed by atoms with Gasteiger partial charge in [-0.15, -0.1) is 0 Å². The quantitative estimate of drug-likeness (QED) is 0.545. The summed E-state index contributed by atoms with van der Waals surface area (Å²) in [4.78, 5) is 28.8. The molecule has 3 heterocycles. The number of anilines is 1. The maximum absolute atomic E-state index is 12.4. The van der Waals surface area contributed by atoms with E-state index in [1.807, 2.05) is 0 Å². The molecule has 0 aliphatic carbocycles. The fourth-order valence-electron chi connectivity index (χ4n) is 2.11. The molecule has 0 atom stereocenters. The Labute approximate surface area is 151 Å². The Balaban J connectivity index is 1.82. The van der Waals surface area contributed by atoms with E-state index in [0.717, 1.165) is 11.3 Å². The van der Waals surface area contributed by atoms with Gasteiger partial charge >= 0.3 is 5.97 Å². The van der Waals surface area contributed by atoms with E-state index in [9.17, 15) is 9.59 Å². The second kappa shape index (κ2) is 7.04. The molecule has 0 unspecified atom stereocenters. The fraction of sp³-hybridized carbons (Fsp3) is 0.125. The third-order valence-corrected chi connectivity index (χ3v) is 4.66. The fourth-order valence-corrected chi connectivity index (χ4v) is 3.24. The van der Waals surface area contributed by atoms with Crippen LogP contribution < -0.4 is 5.32 Å². The van der Waals surface area contributed by atoms with E-state index in [0.29, 0.717) is 16.1 Å². The zero-order valence-electron chi connectivity index (χ0n) is 13.2. The van der Waals surface area contributed by atoms with Gasteiger partial charge in [-0.2, -0.15) is 5.10 Å². The summed E-state index contributed by atoms with van der Waals surface area (Å²) >= 11 is 7.24. The molecule has 0 aliphatic rings. The summed E-state index contributed by atoms with van der Waals surface area (Å²) in [5.41, 5.74) is 1.17. The average Bonchev–Trinajstić information content (AvgIpc) is 3.13. The maximum atomic E-state index is 12.4. The standard InChI is InChI=1S/C16H13ClN4O3S/c1-3-8-24-15(23)13-9(2)18-16(25-13)19-14(22)12-11(17)10-6-4-5-7-21(10)20-12/h3-7H,1,8H2,2H3,(H,18,19,22). The van der Waals surface area contributed by atoms with Gasteiger partial charge in [0, 0.05) is 6.20 Å². The first-order valence-electron chi connectivity index (χ1n) is 7.21. The molecule has 1 amide bonds. The Morgan fingerprint density at radius 3 is 3.00 bits per heavy atom. The number of nitrogens with one attached hydrogen (secondary N) is 1. The first kappa shape index (κ1) is 17.1. The topological polar surface area (TPSA) is 85.6 Å². The number of fused-ring (bicyclic) bond motifs is 1. The first-order chi connectivity index (χ1) is 12.0. The minimum atomic E-state index is -0.513. The highest BCUT2D eigenvalue weighted by Gasteiger charge is 2.21. The Hall–Kier alpha value is -2.71. The summed E-state index contributed by atoms with van der Waals surface area (Å²) in [6, 6.07) is 5.34. The van der Waals surface area contributed by atoms with E-state index < -0.39 is 11.9 Å². The lowest BCUT2D eigenvalue weighted by Crippen LogP contribution is -2.13. The van der Waals surface area contributed by atoms with Crippen molar-refractivity contribution in [2.45, 2.75) is 6.92 Å². The van der Waals surface area contributed by atoms with E-state index in [4.69, 9.17) is 16.3 Å². The average molecular weight is 377 g/mol. The van der Waals surface area contributed by atoms with Crippen molar-refractivity contribution in [3.8, 4) is 0 Å². The smallest absolute Gasteiger partial charge is 0.350 e. The van der Waals surface area contributed by atoms with Crippen LogP contribution in [0.2, 0.25) is 5.02 Å². The third-order valence-electron chi connectivity index (χ3n) is 3.23. The number of ether oxygens (including phenoxy) is 1. The summed E-state index contributed by atoms with van der Waals surface area (Å²) in [6.07, 6.45) is 3.17. The molecule has 0 spiro atoms. The van der Waals surface area contributed by atoms with Gasteiger partial charge in [0.15, 0.2) is 10.8 Å². The molecule has 0 bridgehead atoms. The number of pyridine rings is 1. The van der Waals surface area contributed by atoms with Crippen molar-refractivity contribution in [2.24, 2.45) is 0 Å². The Morgan fingerprint density at radius 2 is 2.28 bits per heavy atom. The minimum absolute atomic E-state index is 0.0801. The molecular weight excluding hydrogens is 364 g/mol. The molecule has 128 valence electrons. The van der Waals surface area contributed by atoms with Gasteiger partial charge < -0.3 is 4.74 Å². The van der Waals surface area contributed by atoms with Crippen LogP contribution in [0.5, 0.6) is 0 Å². The lowest BCUT2D eigenvalue weighted by Gasteiger charge is -1.99. The van der Waals surface area contributed by atoms with Gasteiger partial charge in [-0.25, -0.2) is 14.3 Å². The van der Waals surface area contributed by atoms with Crippen LogP contribution >= 0.6 is 22.9 Å². The van der Waals surface area contributed by atoms with Crippen molar-refractivity contribution >= 4 is 45.5 Å². The Kier molecular flexibility index (Phi) is 4.82. The van der Waals surface area contributed by atoms with Gasteiger partial charge in [0.25, 0.3) is 5.91 Å². The monoisotopic (exact) mass is 376 g/mol. The highest BCUT2D eigenvalue weighted by molar-refractivity contribution is 7.17. The van der Waals surface area contributed by atoms with E-state index in [-0.39, 0.29) is 22.5 Å². The van der Waals surface area contributed by atoms with Crippen LogP contribution in [0.25, 0.3) is 5.52 Å². The number of thiazole rings is 1. The minimum Gasteiger partial charge on any atom is -0.457 e. The number of amides is 1. The van der Waals surface area contributed by atoms with Gasteiger partial charge in [0.1, 0.15) is 11.5 Å². The van der Waals surface area contributed by atoms with Crippen LogP contribution in [0, 0.1) is 6.92 Å². The van der Waals surface area contributed by atoms with Crippen LogP contribution in [-0.2, 0) is 4.74 Å². The van der Waals surface area contributed by atoms with Gasteiger partial charge in [0.05, 0.1) is 16.2 Å². The number of carbonyl (C=O) groups is 2. The van der Waals surface area contributed by atoms with Crippen molar-refractivity contribution in [1.82, 2.24) is 14.6 Å². The molecule has 0 aromatic carbocycles. The highest BCUT2D eigenvalue weighted by Crippen LogP contribution is 2.26. The summed E-state index contributed by atoms with van der Waals surface area (Å²) in [5.74, 6) is -1.02. The first-order valence-corrected chi connectivity index (χ1v) is 8.40. The molecule has 0 radical (unpaired) electrons. The summed E-state index contributed by atoms with van der Waals surface area (Å²) in [5, 5.41) is 7.28. The molecule has 9 heteroatoms. The zero-order valence-corrected chi connectivity index (χ0v) is 14.7. The van der Waals surface area contributed by atoms with Crippen LogP contribution in [0.1, 0.15) is 25.9 Å². The van der Waals surface area contributed by atoms with Gasteiger partial charge in [0.2, 0.25) is 0 Å². The van der Waals surface area contributed by atoms with Crippen LogP contribution in [0.15, 0.2) is 37.1 Å². The molecule has 3 aromatic heterocycles. The van der Waals surface area contributed by atoms with E-state index in [1.165, 1.54) is 10.6 Å². The highest BCUT2D eigenvalue weighted by atomic mass is 35.5. The van der Waals surface area contributed by atoms with Crippen molar-refractivity contribution in [1.29, 1.82) is 0 Å². The Morgan fingerprint density at radius 1 is 1.48 bits per heavy atom. The molecule has 1 N–H and O–H groups in total. The van der Waals surface area contributed by atoms with E-state index in [1.54, 1.807) is 31.3 Å². The van der Waals surface area contributed by atoms with Crippen molar-refractivity contribution in [3.63, 3.8) is 0 Å². The second-order valence-electron chi connectivity index (χ2n) is 4.97. The number of aromatic nitrogens is 3. The van der Waals surface area contributed by atoms with Crippen molar-refractivity contribution in [2.75, 3.05) is 11.9 Å². The zero-order chi connectivity index (χ0) is 18.0. The summed E-state index contributed by atoms with van der Waals surface area (Å²) in [6.45, 7) is 5.25. The molecule has 7 nitrogen and oxygen atoms in total. The lowest BCUT2D eigenvalue weighted by molar-refractivity contribution is 0.0554. The van der Waals surface area contributed by atoms with Gasteiger partial charge in [-0.05, 0) is 19.1 Å². The van der Waals surface area contributed by atoms with Crippen LogP contribution in [0.3, 0.4) is 0 Å². The lowest BCUT2D eigenvalue weighted by atomic mass is 10.3. The second-order valence-corrected chi connectivity index (χ2v) is 6.34. The molecule has 0 saturated heterocycles. The normalized spacial score (nSPS) is 10.6. The number of hydrogen-bond acceptors (Lipinski definition) is 6. The van der Waals surface area contributed by atoms with Crippen LogP contribution in [0.4, 0.5) is 5.13 Å². The SMILES string of the molecule is C=CCOC(=O)c1sc(NC(=O)c2nn3ccccc3c2Cl)nc1C. The number of esters is 1. The third kappa shape index (κ3) is 3.40. The molecule has 3 rings (SSSR count). The van der Waals surface area contributed by atoms with E-state index in [2.05, 4.69) is 22.0 Å². The number of rotatable bonds is 5. The number of hydrogen-bond donors (Lipinski definition) is 1. The number of aryl methyl sites for hydroxylation is 1. The van der Waals surface area contributed by atoms with Crippen molar-refractivity contribution < 1.29 is 14.3 Å². The number of carbonyl (C=O) groups excluding carboxylic acids is 2. The molecule has 0 fully saturated rings. The number of halogens is 1. The van der Waals surface area contributed by atoms with Gasteiger partial charge in [-0.3, -0.25) is 10.1 Å². The summed E-state index contributed by atoms with van der Waals surface area (Å²) in [7, 11) is 0. The predicted octanol–water partition coefficient (Wildman–Crippen LogP) is 3.35. The maximum Gasteiger partial charge on any atom is 0.350 e. The van der Waals surface area contributed by atoms with E-state index >= 15 is 0 Å². The molecule has 25 heavy (non-hydrogen) atoms. The molecular formula is C16H13ClN4O3S. The summed E-state index contributed by atoms with van der Waals surface area (Å²) < 4.78 is 6.50. The predicted molar refractivity (Wildman–Crippen MR) is 95.5 cm³/mol. The Bertz CT molecular complexity index is 979. The molecule has 0 saturated carbocycles.